The van der Waals surface area contributed by atoms with Crippen LogP contribution in [0.25, 0.3) is 16.6 Å². The zero-order valence-electron chi connectivity index (χ0n) is 20.4. The maximum Gasteiger partial charge on any atom is 0.266 e. The number of aromatic nitrogens is 2. The molecule has 1 amide bonds. The number of hydrogen-bond acceptors (Lipinski definition) is 4. The molecule has 0 fully saturated rings. The summed E-state index contributed by atoms with van der Waals surface area (Å²) >= 11 is 0. The fourth-order valence-electron chi connectivity index (χ4n) is 4.19. The molecule has 176 valence electrons. The fraction of sp³-hybridized carbons (Fsp3) is 0.444. The number of carbonyl (C=O) groups is 1. The Hall–Kier alpha value is -3.15. The minimum absolute atomic E-state index is 0.0966. The van der Waals surface area contributed by atoms with Crippen LogP contribution in [-0.4, -0.2) is 33.5 Å². The topological polar surface area (TPSA) is 64.4 Å². The lowest BCUT2D eigenvalue weighted by Gasteiger charge is -2.32. The number of benzene rings is 2. The molecule has 0 saturated heterocycles. The molecule has 1 atom stereocenters. The highest BCUT2D eigenvalue weighted by Gasteiger charge is 2.28. The van der Waals surface area contributed by atoms with Crippen molar-refractivity contribution in [2.45, 2.75) is 59.9 Å². The minimum atomic E-state index is -0.305. The lowest BCUT2D eigenvalue weighted by atomic mass is 10.1. The van der Waals surface area contributed by atoms with Crippen LogP contribution in [0.15, 0.2) is 53.3 Å². The molecule has 0 aliphatic carbocycles. The molecule has 0 N–H and O–H groups in total. The summed E-state index contributed by atoms with van der Waals surface area (Å²) in [5, 5.41) is 0.556. The molecular formula is C27H35N3O3. The molecule has 0 bridgehead atoms. The van der Waals surface area contributed by atoms with Crippen molar-refractivity contribution >= 4 is 16.8 Å². The van der Waals surface area contributed by atoms with Gasteiger partial charge in [0.2, 0.25) is 5.91 Å². The van der Waals surface area contributed by atoms with Crippen molar-refractivity contribution in [3.8, 4) is 11.4 Å². The van der Waals surface area contributed by atoms with E-state index in [1.54, 1.807) is 10.6 Å². The van der Waals surface area contributed by atoms with Crippen LogP contribution in [0.3, 0.4) is 0 Å². The van der Waals surface area contributed by atoms with Gasteiger partial charge in [-0.3, -0.25) is 14.2 Å². The van der Waals surface area contributed by atoms with Crippen molar-refractivity contribution in [1.29, 1.82) is 0 Å². The molecule has 0 radical (unpaired) electrons. The molecule has 3 rings (SSSR count). The zero-order chi connectivity index (χ0) is 24.0. The molecule has 6 nitrogen and oxygen atoms in total. The van der Waals surface area contributed by atoms with Crippen LogP contribution in [-0.2, 0) is 4.79 Å². The molecule has 1 unspecified atom stereocenters. The van der Waals surface area contributed by atoms with E-state index in [0.29, 0.717) is 48.4 Å². The molecule has 6 heteroatoms. The van der Waals surface area contributed by atoms with Crippen LogP contribution < -0.4 is 10.3 Å². The van der Waals surface area contributed by atoms with Crippen LogP contribution in [0.5, 0.6) is 5.75 Å². The van der Waals surface area contributed by atoms with Gasteiger partial charge in [-0.1, -0.05) is 39.8 Å². The van der Waals surface area contributed by atoms with Crippen molar-refractivity contribution in [2.24, 2.45) is 5.92 Å². The van der Waals surface area contributed by atoms with Crippen LogP contribution in [0.1, 0.15) is 65.7 Å². The molecule has 0 aliphatic rings. The normalized spacial score (nSPS) is 12.2. The third-order valence-corrected chi connectivity index (χ3v) is 5.64. The van der Waals surface area contributed by atoms with Crippen LogP contribution in [0.4, 0.5) is 0 Å². The fourth-order valence-corrected chi connectivity index (χ4v) is 4.19. The Morgan fingerprint density at radius 1 is 1.06 bits per heavy atom. The molecule has 1 aromatic heterocycles. The van der Waals surface area contributed by atoms with E-state index in [2.05, 4.69) is 6.92 Å². The van der Waals surface area contributed by atoms with Gasteiger partial charge >= 0.3 is 0 Å². The number of para-hydroxylation sites is 1. The maximum absolute atomic E-state index is 13.7. The lowest BCUT2D eigenvalue weighted by molar-refractivity contribution is -0.134. The maximum atomic E-state index is 13.7. The molecule has 0 saturated carbocycles. The SMILES string of the molecule is CCCN(C(=O)CC(C)C)C(CC)c1nc2ccccc2c(=O)n1-c1ccc(OCC)cc1. The quantitative estimate of drug-likeness (QED) is 0.409. The second-order valence-electron chi connectivity index (χ2n) is 8.66. The van der Waals surface area contributed by atoms with Gasteiger partial charge in [0.25, 0.3) is 5.56 Å². The monoisotopic (exact) mass is 449 g/mol. The Kier molecular flexibility index (Phi) is 8.26. The number of amides is 1. The Morgan fingerprint density at radius 2 is 1.76 bits per heavy atom. The van der Waals surface area contributed by atoms with E-state index in [1.807, 2.05) is 75.1 Å². The van der Waals surface area contributed by atoms with Crippen molar-refractivity contribution in [3.63, 3.8) is 0 Å². The summed E-state index contributed by atoms with van der Waals surface area (Å²) in [5.41, 5.74) is 1.22. The Labute approximate surface area is 196 Å². The molecule has 0 aliphatic heterocycles. The van der Waals surface area contributed by atoms with E-state index < -0.39 is 0 Å². The van der Waals surface area contributed by atoms with Crippen molar-refractivity contribution in [3.05, 3.63) is 64.7 Å². The van der Waals surface area contributed by atoms with Gasteiger partial charge in [-0.15, -0.1) is 0 Å². The highest BCUT2D eigenvalue weighted by molar-refractivity contribution is 5.79. The van der Waals surface area contributed by atoms with E-state index in [-0.39, 0.29) is 23.4 Å². The average molecular weight is 450 g/mol. The number of fused-ring (bicyclic) bond motifs is 1. The minimum Gasteiger partial charge on any atom is -0.494 e. The first kappa shape index (κ1) is 24.5. The summed E-state index contributed by atoms with van der Waals surface area (Å²) < 4.78 is 7.24. The van der Waals surface area contributed by atoms with Crippen molar-refractivity contribution in [2.75, 3.05) is 13.2 Å². The van der Waals surface area contributed by atoms with Gasteiger partial charge in [0.05, 0.1) is 29.2 Å². The Balaban J connectivity index is 2.23. The van der Waals surface area contributed by atoms with Gasteiger partial charge < -0.3 is 9.64 Å². The lowest BCUT2D eigenvalue weighted by Crippen LogP contribution is -2.39. The van der Waals surface area contributed by atoms with Gasteiger partial charge in [0.15, 0.2) is 0 Å². The van der Waals surface area contributed by atoms with Gasteiger partial charge in [-0.25, -0.2) is 4.98 Å². The van der Waals surface area contributed by atoms with Gasteiger partial charge in [-0.05, 0) is 62.1 Å². The largest absolute Gasteiger partial charge is 0.494 e. The number of ether oxygens (including phenoxy) is 1. The van der Waals surface area contributed by atoms with Crippen LogP contribution in [0, 0.1) is 5.92 Å². The second kappa shape index (κ2) is 11.1. The van der Waals surface area contributed by atoms with Crippen molar-refractivity contribution < 1.29 is 9.53 Å². The molecule has 2 aromatic carbocycles. The van der Waals surface area contributed by atoms with E-state index >= 15 is 0 Å². The smallest absolute Gasteiger partial charge is 0.266 e. The van der Waals surface area contributed by atoms with Crippen LogP contribution in [0.2, 0.25) is 0 Å². The highest BCUT2D eigenvalue weighted by atomic mass is 16.5. The molecule has 3 aromatic rings. The number of nitrogens with zero attached hydrogens (tertiary/aromatic N) is 3. The summed E-state index contributed by atoms with van der Waals surface area (Å²) in [4.78, 5) is 33.8. The molecular weight excluding hydrogens is 414 g/mol. The summed E-state index contributed by atoms with van der Waals surface area (Å²) in [5.74, 6) is 1.69. The van der Waals surface area contributed by atoms with E-state index in [0.717, 1.165) is 12.2 Å². The van der Waals surface area contributed by atoms with Crippen molar-refractivity contribution in [1.82, 2.24) is 14.5 Å². The predicted molar refractivity (Wildman–Crippen MR) is 133 cm³/mol. The standard InChI is InChI=1S/C27H35N3O3/c1-6-17-29(25(31)18-19(4)5)24(7-2)26-28-23-12-10-9-11-22(23)27(32)30(26)20-13-15-21(16-14-20)33-8-3/h9-16,19,24H,6-8,17-18H2,1-5H3. The molecule has 1 heterocycles. The summed E-state index contributed by atoms with van der Waals surface area (Å²) in [7, 11) is 0. The van der Waals surface area contributed by atoms with Gasteiger partial charge in [-0.2, -0.15) is 0 Å². The summed E-state index contributed by atoms with van der Waals surface area (Å²) in [6.45, 7) is 11.3. The third kappa shape index (κ3) is 5.44. The number of rotatable bonds is 10. The highest BCUT2D eigenvalue weighted by Crippen LogP contribution is 2.28. The van der Waals surface area contributed by atoms with Crippen LogP contribution >= 0.6 is 0 Å². The average Bonchev–Trinajstić information content (AvgIpc) is 2.80. The Bertz CT molecular complexity index is 1140. The first-order valence-electron chi connectivity index (χ1n) is 12.0. The van der Waals surface area contributed by atoms with E-state index in [1.165, 1.54) is 0 Å². The summed E-state index contributed by atoms with van der Waals surface area (Å²) in [6, 6.07) is 14.6. The first-order valence-corrected chi connectivity index (χ1v) is 12.0. The van der Waals surface area contributed by atoms with Gasteiger partial charge in [0.1, 0.15) is 11.6 Å². The van der Waals surface area contributed by atoms with Gasteiger partial charge in [0, 0.05) is 13.0 Å². The zero-order valence-corrected chi connectivity index (χ0v) is 20.4. The first-order chi connectivity index (χ1) is 15.9. The summed E-state index contributed by atoms with van der Waals surface area (Å²) in [6.07, 6.45) is 1.96. The third-order valence-electron chi connectivity index (χ3n) is 5.64. The molecule has 0 spiro atoms. The molecule has 33 heavy (non-hydrogen) atoms. The van der Waals surface area contributed by atoms with E-state index in [9.17, 15) is 9.59 Å². The Morgan fingerprint density at radius 3 is 2.36 bits per heavy atom. The second-order valence-corrected chi connectivity index (χ2v) is 8.66. The predicted octanol–water partition coefficient (Wildman–Crippen LogP) is 5.52. The number of hydrogen-bond donors (Lipinski definition) is 0. The van der Waals surface area contributed by atoms with E-state index in [4.69, 9.17) is 9.72 Å². The number of carbonyl (C=O) groups excluding carboxylic acids is 1.